The van der Waals surface area contributed by atoms with Crippen LogP contribution >= 0.6 is 23.1 Å². The van der Waals surface area contributed by atoms with Crippen molar-refractivity contribution in [2.75, 3.05) is 10.6 Å². The van der Waals surface area contributed by atoms with Crippen LogP contribution in [-0.4, -0.2) is 42.8 Å². The normalized spacial score (nSPS) is 13.8. The van der Waals surface area contributed by atoms with Crippen molar-refractivity contribution in [2.24, 2.45) is 5.92 Å². The van der Waals surface area contributed by atoms with E-state index in [4.69, 9.17) is 0 Å². The molecule has 1 aliphatic carbocycles. The molecule has 4 rings (SSSR count). The second kappa shape index (κ2) is 9.92. The molecule has 10 nitrogen and oxygen atoms in total. The molecule has 3 aromatic heterocycles. The zero-order chi connectivity index (χ0) is 22.5. The fourth-order valence-corrected chi connectivity index (χ4v) is 5.48. The zero-order valence-electron chi connectivity index (χ0n) is 16.8. The van der Waals surface area contributed by atoms with E-state index in [1.807, 2.05) is 0 Å². The van der Waals surface area contributed by atoms with Gasteiger partial charge in [-0.15, -0.1) is 0 Å². The van der Waals surface area contributed by atoms with E-state index >= 15 is 0 Å². The lowest BCUT2D eigenvalue weighted by atomic mass is 9.96. The average Bonchev–Trinajstić information content (AvgIpc) is 3.51. The molecule has 0 spiro atoms. The molecule has 166 valence electrons. The summed E-state index contributed by atoms with van der Waals surface area (Å²) in [7, 11) is 0. The van der Waals surface area contributed by atoms with Gasteiger partial charge in [0.2, 0.25) is 0 Å². The Bertz CT molecular complexity index is 1130. The van der Waals surface area contributed by atoms with E-state index < -0.39 is 12.0 Å². The first-order valence-electron chi connectivity index (χ1n) is 9.94. The molecule has 0 radical (unpaired) electrons. The lowest BCUT2D eigenvalue weighted by molar-refractivity contribution is -0.136. The Kier molecular flexibility index (Phi) is 6.81. The highest BCUT2D eigenvalue weighted by molar-refractivity contribution is 8.01. The van der Waals surface area contributed by atoms with E-state index in [0.29, 0.717) is 26.3 Å². The second-order valence-electron chi connectivity index (χ2n) is 7.17. The van der Waals surface area contributed by atoms with Crippen LogP contribution in [0, 0.1) is 5.92 Å². The van der Waals surface area contributed by atoms with Gasteiger partial charge in [-0.3, -0.25) is 19.9 Å². The summed E-state index contributed by atoms with van der Waals surface area (Å²) < 4.78 is 0.610. The molecular weight excluding hydrogens is 452 g/mol. The van der Waals surface area contributed by atoms with Crippen LogP contribution in [0.4, 0.5) is 15.6 Å². The molecule has 0 aliphatic heterocycles. The molecule has 0 atom stereocenters. The Morgan fingerprint density at radius 3 is 2.75 bits per heavy atom. The summed E-state index contributed by atoms with van der Waals surface area (Å²) in [5.41, 5.74) is 1.09. The van der Waals surface area contributed by atoms with Crippen LogP contribution in [0.3, 0.4) is 0 Å². The van der Waals surface area contributed by atoms with Crippen molar-refractivity contribution in [1.82, 2.24) is 19.9 Å². The fourth-order valence-electron chi connectivity index (χ4n) is 3.48. The summed E-state index contributed by atoms with van der Waals surface area (Å²) in [6, 6.07) is 0.999. The Hall–Kier alpha value is -3.25. The van der Waals surface area contributed by atoms with Crippen molar-refractivity contribution in [3.8, 4) is 0 Å². The van der Waals surface area contributed by atoms with Crippen molar-refractivity contribution in [3.63, 3.8) is 0 Å². The number of Topliss-reactive ketones (excluding diaryl/α,β-unsaturated/α-hetero) is 1. The van der Waals surface area contributed by atoms with E-state index in [-0.39, 0.29) is 23.3 Å². The van der Waals surface area contributed by atoms with E-state index in [9.17, 15) is 19.5 Å². The molecule has 2 amide bonds. The van der Waals surface area contributed by atoms with E-state index in [1.54, 1.807) is 18.5 Å². The number of ketones is 1. The minimum absolute atomic E-state index is 0.0129. The number of pyridine rings is 1. The molecule has 1 aliphatic rings. The Labute approximate surface area is 191 Å². The second-order valence-corrected chi connectivity index (χ2v) is 9.42. The molecule has 4 N–H and O–H groups in total. The van der Waals surface area contributed by atoms with Gasteiger partial charge in [0, 0.05) is 30.7 Å². The third-order valence-electron chi connectivity index (χ3n) is 4.92. The predicted molar refractivity (Wildman–Crippen MR) is 119 cm³/mol. The number of imidazole rings is 1. The summed E-state index contributed by atoms with van der Waals surface area (Å²) in [5.74, 6) is -1.08. The summed E-state index contributed by atoms with van der Waals surface area (Å²) >= 11 is 2.38. The number of carbonyl (C=O) groups excluding carboxylic acids is 2. The van der Waals surface area contributed by atoms with E-state index in [1.165, 1.54) is 24.2 Å². The van der Waals surface area contributed by atoms with Gasteiger partial charge in [0.15, 0.2) is 16.1 Å². The quantitative estimate of drug-likeness (QED) is 0.359. The smallest absolute Gasteiger partial charge is 0.325 e. The fraction of sp³-hybridized carbons (Fsp3) is 0.300. The summed E-state index contributed by atoms with van der Waals surface area (Å²) in [4.78, 5) is 52.0. The van der Waals surface area contributed by atoms with Crippen LogP contribution in [0.25, 0.3) is 0 Å². The number of rotatable bonds is 8. The molecule has 3 heterocycles. The van der Waals surface area contributed by atoms with Crippen LogP contribution in [0.15, 0.2) is 40.2 Å². The summed E-state index contributed by atoms with van der Waals surface area (Å²) in [5, 5.41) is 15.3. The minimum Gasteiger partial charge on any atom is -0.481 e. The van der Waals surface area contributed by atoms with E-state index in [0.717, 1.165) is 37.0 Å². The van der Waals surface area contributed by atoms with Gasteiger partial charge in [-0.05, 0) is 30.7 Å². The Morgan fingerprint density at radius 2 is 2.03 bits per heavy atom. The number of H-pyrrole nitrogens is 1. The highest BCUT2D eigenvalue weighted by atomic mass is 32.2. The molecule has 1 fully saturated rings. The van der Waals surface area contributed by atoms with Gasteiger partial charge in [0.25, 0.3) is 0 Å². The number of aromatic nitrogens is 4. The van der Waals surface area contributed by atoms with Crippen molar-refractivity contribution < 1.29 is 19.5 Å². The van der Waals surface area contributed by atoms with Crippen LogP contribution < -0.4 is 10.6 Å². The van der Waals surface area contributed by atoms with Gasteiger partial charge in [0.05, 0.1) is 27.6 Å². The van der Waals surface area contributed by atoms with Gasteiger partial charge in [-0.1, -0.05) is 24.2 Å². The molecule has 3 aromatic rings. The molecule has 0 aromatic carbocycles. The number of carboxylic acid groups (broad SMARTS) is 1. The highest BCUT2D eigenvalue weighted by Gasteiger charge is 2.26. The number of aliphatic carboxylic acids is 1. The Balaban J connectivity index is 1.48. The van der Waals surface area contributed by atoms with Gasteiger partial charge in [-0.25, -0.2) is 14.8 Å². The largest absolute Gasteiger partial charge is 0.481 e. The Morgan fingerprint density at radius 1 is 1.22 bits per heavy atom. The van der Waals surface area contributed by atoms with Gasteiger partial charge in [-0.2, -0.15) is 0 Å². The molecule has 0 bridgehead atoms. The maximum atomic E-state index is 12.8. The maximum Gasteiger partial charge on any atom is 0.325 e. The highest BCUT2D eigenvalue weighted by Crippen LogP contribution is 2.36. The van der Waals surface area contributed by atoms with E-state index in [2.05, 4.69) is 30.6 Å². The maximum absolute atomic E-state index is 12.8. The molecular formula is C20H20N6O4S2. The first-order chi connectivity index (χ1) is 15.5. The van der Waals surface area contributed by atoms with Crippen molar-refractivity contribution in [2.45, 2.75) is 41.5 Å². The number of urea groups is 1. The lowest BCUT2D eigenvalue weighted by Gasteiger charge is -2.13. The molecule has 1 saturated carbocycles. The lowest BCUT2D eigenvalue weighted by Crippen LogP contribution is -2.22. The summed E-state index contributed by atoms with van der Waals surface area (Å²) in [6.45, 7) is 0. The van der Waals surface area contributed by atoms with Crippen LogP contribution in [0.1, 0.15) is 41.7 Å². The number of hydrogen-bond donors (Lipinski definition) is 4. The third kappa shape index (κ3) is 5.32. The third-order valence-corrected chi connectivity index (χ3v) is 7.07. The first kappa shape index (κ1) is 22.0. The number of nitrogens with one attached hydrogen (secondary N) is 3. The van der Waals surface area contributed by atoms with Crippen LogP contribution in [0.5, 0.6) is 0 Å². The van der Waals surface area contributed by atoms with Crippen LogP contribution in [-0.2, 0) is 11.2 Å². The van der Waals surface area contributed by atoms with Crippen molar-refractivity contribution in [1.29, 1.82) is 0 Å². The topological polar surface area (TPSA) is 150 Å². The van der Waals surface area contributed by atoms with Gasteiger partial charge in [0.1, 0.15) is 0 Å². The number of hydrogen-bond acceptors (Lipinski definition) is 8. The number of amides is 2. The van der Waals surface area contributed by atoms with Crippen molar-refractivity contribution in [3.05, 3.63) is 42.1 Å². The number of anilines is 2. The van der Waals surface area contributed by atoms with Crippen LogP contribution in [0.2, 0.25) is 0 Å². The SMILES string of the molecule is O=C(O)Cc1nc(NC(=O)Nc2ccncc2C(=O)C2CCCC2)sc1Sc1ncc[nH]1. The van der Waals surface area contributed by atoms with Crippen molar-refractivity contribution >= 4 is 51.7 Å². The summed E-state index contributed by atoms with van der Waals surface area (Å²) in [6.07, 6.45) is 9.70. The molecule has 12 heteroatoms. The molecule has 32 heavy (non-hydrogen) atoms. The number of aromatic amines is 1. The van der Waals surface area contributed by atoms with Gasteiger partial charge >= 0.3 is 12.0 Å². The number of carbonyl (C=O) groups is 3. The number of nitrogens with zero attached hydrogens (tertiary/aromatic N) is 3. The number of thiazole rings is 1. The molecule has 0 unspecified atom stereocenters. The predicted octanol–water partition coefficient (Wildman–Crippen LogP) is 4.06. The average molecular weight is 473 g/mol. The first-order valence-corrected chi connectivity index (χ1v) is 11.6. The number of carboxylic acids is 1. The standard InChI is InChI=1S/C20H20N6O4S2/c27-15(28)9-14-17(31-19-22-7-8-23-19)32-20(25-14)26-18(30)24-13-5-6-21-10-12(13)16(29)11-3-1-2-4-11/h5-8,10-11H,1-4,9H2,(H,22,23)(H,27,28)(H2,21,24,25,26,30). The monoisotopic (exact) mass is 472 g/mol. The van der Waals surface area contributed by atoms with Gasteiger partial charge < -0.3 is 15.4 Å². The zero-order valence-corrected chi connectivity index (χ0v) is 18.5. The molecule has 0 saturated heterocycles. The minimum atomic E-state index is -1.03.